The van der Waals surface area contributed by atoms with E-state index in [2.05, 4.69) is 5.43 Å². The zero-order valence-electron chi connectivity index (χ0n) is 7.41. The maximum absolute atomic E-state index is 11.3. The summed E-state index contributed by atoms with van der Waals surface area (Å²) in [6.45, 7) is 0. The average Bonchev–Trinajstić information content (AvgIpc) is 2.18. The van der Waals surface area contributed by atoms with Crippen molar-refractivity contribution in [2.45, 2.75) is 5.75 Å². The molecular formula is C9H12N2OS. The first-order chi connectivity index (χ1) is 6.29. The molecule has 13 heavy (non-hydrogen) atoms. The molecule has 1 aromatic rings. The quantitative estimate of drug-likeness (QED) is 0.433. The van der Waals surface area contributed by atoms with Gasteiger partial charge in [0.15, 0.2) is 0 Å². The summed E-state index contributed by atoms with van der Waals surface area (Å²) in [5.41, 5.74) is 3.80. The molecule has 0 heterocycles. The second kappa shape index (κ2) is 4.89. The summed E-state index contributed by atoms with van der Waals surface area (Å²) in [4.78, 5) is 11.3. The molecule has 70 valence electrons. The highest BCUT2D eigenvalue weighted by Crippen LogP contribution is 2.14. The lowest BCUT2D eigenvalue weighted by Crippen LogP contribution is -2.30. The Kier molecular flexibility index (Phi) is 3.79. The fourth-order valence-electron chi connectivity index (χ4n) is 1.10. The predicted octanol–water partition coefficient (Wildman–Crippen LogP) is 1.15. The van der Waals surface area contributed by atoms with Crippen LogP contribution in [0.5, 0.6) is 0 Å². The van der Waals surface area contributed by atoms with E-state index >= 15 is 0 Å². The minimum atomic E-state index is -0.232. The summed E-state index contributed by atoms with van der Waals surface area (Å²) >= 11 is 1.68. The van der Waals surface area contributed by atoms with Crippen molar-refractivity contribution in [3.8, 4) is 0 Å². The van der Waals surface area contributed by atoms with E-state index in [9.17, 15) is 4.79 Å². The van der Waals surface area contributed by atoms with Crippen LogP contribution in [0.1, 0.15) is 15.9 Å². The van der Waals surface area contributed by atoms with Gasteiger partial charge in [0.05, 0.1) is 0 Å². The monoisotopic (exact) mass is 196 g/mol. The van der Waals surface area contributed by atoms with Crippen LogP contribution in [0.15, 0.2) is 24.3 Å². The Bertz CT molecular complexity index is 301. The molecular weight excluding hydrogens is 184 g/mol. The van der Waals surface area contributed by atoms with E-state index in [0.29, 0.717) is 5.56 Å². The van der Waals surface area contributed by atoms with Crippen molar-refractivity contribution in [3.63, 3.8) is 0 Å². The number of carbonyl (C=O) groups excluding carboxylic acids is 1. The highest BCUT2D eigenvalue weighted by molar-refractivity contribution is 7.97. The first kappa shape index (κ1) is 10.1. The Hall–Kier alpha value is -1.00. The normalized spacial score (nSPS) is 9.69. The van der Waals surface area contributed by atoms with Gasteiger partial charge >= 0.3 is 0 Å². The lowest BCUT2D eigenvalue weighted by molar-refractivity contribution is 0.0953. The van der Waals surface area contributed by atoms with Crippen molar-refractivity contribution < 1.29 is 4.79 Å². The molecule has 0 saturated carbocycles. The molecule has 0 aromatic heterocycles. The van der Waals surface area contributed by atoms with Crippen LogP contribution in [0, 0.1) is 0 Å². The lowest BCUT2D eigenvalue weighted by Gasteiger charge is -2.05. The summed E-state index contributed by atoms with van der Waals surface area (Å²) in [7, 11) is 0. The van der Waals surface area contributed by atoms with Crippen LogP contribution in [-0.2, 0) is 5.75 Å². The van der Waals surface area contributed by atoms with E-state index in [0.717, 1.165) is 11.3 Å². The van der Waals surface area contributed by atoms with Crippen molar-refractivity contribution in [1.29, 1.82) is 0 Å². The van der Waals surface area contributed by atoms with E-state index in [1.165, 1.54) is 0 Å². The zero-order valence-corrected chi connectivity index (χ0v) is 8.23. The van der Waals surface area contributed by atoms with Crippen LogP contribution in [0.2, 0.25) is 0 Å². The number of benzene rings is 1. The van der Waals surface area contributed by atoms with E-state index in [-0.39, 0.29) is 5.91 Å². The lowest BCUT2D eigenvalue weighted by atomic mass is 10.1. The molecule has 0 radical (unpaired) electrons. The Morgan fingerprint density at radius 2 is 2.23 bits per heavy atom. The highest BCUT2D eigenvalue weighted by atomic mass is 32.2. The van der Waals surface area contributed by atoms with Crippen LogP contribution in [0.3, 0.4) is 0 Å². The second-order valence-electron chi connectivity index (χ2n) is 2.56. The Morgan fingerprint density at radius 1 is 1.54 bits per heavy atom. The SMILES string of the molecule is CSCc1ccccc1C(=O)NN. The smallest absolute Gasteiger partial charge is 0.265 e. The number of hydrogen-bond acceptors (Lipinski definition) is 3. The molecule has 3 N–H and O–H groups in total. The van der Waals surface area contributed by atoms with Gasteiger partial charge in [0, 0.05) is 11.3 Å². The number of nitrogen functional groups attached to an aromatic ring is 1. The summed E-state index contributed by atoms with van der Waals surface area (Å²) in [5, 5.41) is 0. The van der Waals surface area contributed by atoms with E-state index < -0.39 is 0 Å². The maximum atomic E-state index is 11.3. The number of nitrogens with one attached hydrogen (secondary N) is 1. The largest absolute Gasteiger partial charge is 0.290 e. The van der Waals surface area contributed by atoms with Gasteiger partial charge in [0.2, 0.25) is 0 Å². The molecule has 0 aliphatic carbocycles. The van der Waals surface area contributed by atoms with Crippen molar-refractivity contribution in [2.75, 3.05) is 6.26 Å². The minimum absolute atomic E-state index is 0.232. The number of hydrazine groups is 1. The average molecular weight is 196 g/mol. The minimum Gasteiger partial charge on any atom is -0.290 e. The van der Waals surface area contributed by atoms with E-state index in [4.69, 9.17) is 5.84 Å². The van der Waals surface area contributed by atoms with Gasteiger partial charge in [0.1, 0.15) is 0 Å². The fourth-order valence-corrected chi connectivity index (χ4v) is 1.66. The summed E-state index contributed by atoms with van der Waals surface area (Å²) < 4.78 is 0. The topological polar surface area (TPSA) is 55.1 Å². The molecule has 0 unspecified atom stereocenters. The van der Waals surface area contributed by atoms with Crippen molar-refractivity contribution in [1.82, 2.24) is 5.43 Å². The number of rotatable bonds is 3. The van der Waals surface area contributed by atoms with Crippen LogP contribution in [0.4, 0.5) is 0 Å². The summed E-state index contributed by atoms with van der Waals surface area (Å²) in [5.74, 6) is 5.65. The summed E-state index contributed by atoms with van der Waals surface area (Å²) in [6.07, 6.45) is 2.00. The van der Waals surface area contributed by atoms with Gasteiger partial charge in [0.25, 0.3) is 5.91 Å². The Morgan fingerprint density at radius 3 is 2.85 bits per heavy atom. The third-order valence-corrected chi connectivity index (χ3v) is 2.29. The highest BCUT2D eigenvalue weighted by Gasteiger charge is 2.07. The predicted molar refractivity (Wildman–Crippen MR) is 55.3 cm³/mol. The second-order valence-corrected chi connectivity index (χ2v) is 3.43. The zero-order chi connectivity index (χ0) is 9.68. The van der Waals surface area contributed by atoms with E-state index in [1.54, 1.807) is 17.8 Å². The molecule has 1 rings (SSSR count). The third kappa shape index (κ3) is 2.47. The molecule has 0 spiro atoms. The van der Waals surface area contributed by atoms with Crippen molar-refractivity contribution in [2.24, 2.45) is 5.84 Å². The molecule has 0 aliphatic heterocycles. The van der Waals surface area contributed by atoms with Gasteiger partial charge in [-0.05, 0) is 17.9 Å². The van der Waals surface area contributed by atoms with Gasteiger partial charge in [-0.15, -0.1) is 0 Å². The molecule has 3 nitrogen and oxygen atoms in total. The number of nitrogens with two attached hydrogens (primary N) is 1. The van der Waals surface area contributed by atoms with E-state index in [1.807, 2.05) is 24.5 Å². The van der Waals surface area contributed by atoms with Gasteiger partial charge in [-0.25, -0.2) is 5.84 Å². The van der Waals surface area contributed by atoms with Gasteiger partial charge in [-0.1, -0.05) is 18.2 Å². The molecule has 0 bridgehead atoms. The molecule has 1 aromatic carbocycles. The van der Waals surface area contributed by atoms with Gasteiger partial charge in [-0.3, -0.25) is 10.2 Å². The molecule has 0 saturated heterocycles. The Labute approximate surface area is 81.7 Å². The van der Waals surface area contributed by atoms with Gasteiger partial charge in [-0.2, -0.15) is 11.8 Å². The van der Waals surface area contributed by atoms with Crippen LogP contribution in [-0.4, -0.2) is 12.2 Å². The maximum Gasteiger partial charge on any atom is 0.265 e. The number of hydrogen-bond donors (Lipinski definition) is 2. The molecule has 1 amide bonds. The van der Waals surface area contributed by atoms with Crippen LogP contribution < -0.4 is 11.3 Å². The molecule has 0 atom stereocenters. The van der Waals surface area contributed by atoms with Crippen LogP contribution >= 0.6 is 11.8 Å². The summed E-state index contributed by atoms with van der Waals surface area (Å²) in [6, 6.07) is 7.45. The third-order valence-electron chi connectivity index (χ3n) is 1.69. The molecule has 0 fully saturated rings. The number of carbonyl (C=O) groups is 1. The molecule has 0 aliphatic rings. The first-order valence-electron chi connectivity index (χ1n) is 3.87. The first-order valence-corrected chi connectivity index (χ1v) is 5.26. The van der Waals surface area contributed by atoms with Crippen molar-refractivity contribution in [3.05, 3.63) is 35.4 Å². The molecule has 4 heteroatoms. The number of thioether (sulfide) groups is 1. The standard InChI is InChI=1S/C9H12N2OS/c1-13-6-7-4-2-3-5-8(7)9(12)11-10/h2-5H,6,10H2,1H3,(H,11,12). The Balaban J connectivity index is 2.97. The van der Waals surface area contributed by atoms with Gasteiger partial charge < -0.3 is 0 Å². The van der Waals surface area contributed by atoms with Crippen molar-refractivity contribution >= 4 is 17.7 Å². The van der Waals surface area contributed by atoms with Crippen LogP contribution in [0.25, 0.3) is 0 Å². The number of amides is 1. The fraction of sp³-hybridized carbons (Fsp3) is 0.222.